The summed E-state index contributed by atoms with van der Waals surface area (Å²) in [5, 5.41) is 28.2. The van der Waals surface area contributed by atoms with Crippen LogP contribution in [-0.2, 0) is 5.60 Å². The summed E-state index contributed by atoms with van der Waals surface area (Å²) in [5.74, 6) is 0.157. The summed E-state index contributed by atoms with van der Waals surface area (Å²) in [7, 11) is 0. The number of aromatic nitrogens is 3. The van der Waals surface area contributed by atoms with Crippen LogP contribution in [0.3, 0.4) is 0 Å². The Labute approximate surface area is 122 Å². The Balaban J connectivity index is 2.08. The first-order valence-electron chi connectivity index (χ1n) is 6.57. The van der Waals surface area contributed by atoms with Gasteiger partial charge in [-0.2, -0.15) is 0 Å². The summed E-state index contributed by atoms with van der Waals surface area (Å²) in [4.78, 5) is 0. The van der Waals surface area contributed by atoms with Gasteiger partial charge in [-0.1, -0.05) is 35.5 Å². The van der Waals surface area contributed by atoms with E-state index in [0.717, 1.165) is 5.69 Å². The fraction of sp³-hybridized carbons (Fsp3) is 0.125. The van der Waals surface area contributed by atoms with Crippen LogP contribution in [0.2, 0.25) is 0 Å². The van der Waals surface area contributed by atoms with Gasteiger partial charge >= 0.3 is 0 Å². The Morgan fingerprint density at radius 2 is 1.67 bits per heavy atom. The second-order valence-electron chi connectivity index (χ2n) is 4.99. The highest BCUT2D eigenvalue weighted by Gasteiger charge is 2.30. The van der Waals surface area contributed by atoms with E-state index >= 15 is 0 Å². The third-order valence-corrected chi connectivity index (χ3v) is 3.48. The molecule has 0 aliphatic rings. The predicted molar refractivity (Wildman–Crippen MR) is 78.1 cm³/mol. The molecule has 5 heteroatoms. The Morgan fingerprint density at radius 3 is 2.33 bits per heavy atom. The second kappa shape index (κ2) is 5.03. The molecule has 0 saturated carbocycles. The smallest absolute Gasteiger partial charge is 0.130 e. The van der Waals surface area contributed by atoms with Crippen molar-refractivity contribution in [3.05, 3.63) is 72.1 Å². The molecule has 0 spiro atoms. The van der Waals surface area contributed by atoms with E-state index in [-0.39, 0.29) is 5.75 Å². The maximum atomic E-state index is 10.9. The van der Waals surface area contributed by atoms with Crippen molar-refractivity contribution in [1.82, 2.24) is 15.0 Å². The van der Waals surface area contributed by atoms with Crippen LogP contribution in [0.1, 0.15) is 18.2 Å². The number of rotatable bonds is 3. The van der Waals surface area contributed by atoms with E-state index in [9.17, 15) is 10.2 Å². The quantitative estimate of drug-likeness (QED) is 0.772. The van der Waals surface area contributed by atoms with Gasteiger partial charge < -0.3 is 10.2 Å². The standard InChI is InChI=1S/C16H15N3O2/c1-16(21,12-7-9-14(20)10-8-12)15-11-17-18-19(15)13-5-3-2-4-6-13/h2-11,20-21H,1H3. The van der Waals surface area contributed by atoms with Crippen molar-refractivity contribution in [2.24, 2.45) is 0 Å². The zero-order valence-corrected chi connectivity index (χ0v) is 11.5. The Morgan fingerprint density at radius 1 is 1.00 bits per heavy atom. The molecule has 2 N–H and O–H groups in total. The summed E-state index contributed by atoms with van der Waals surface area (Å²) < 4.78 is 1.60. The van der Waals surface area contributed by atoms with E-state index in [1.54, 1.807) is 42.1 Å². The Hall–Kier alpha value is -2.66. The number of phenolic OH excluding ortho intramolecular Hbond substituents is 1. The lowest BCUT2D eigenvalue weighted by molar-refractivity contribution is 0.0945. The molecule has 0 saturated heterocycles. The van der Waals surface area contributed by atoms with E-state index in [1.807, 2.05) is 30.3 Å². The van der Waals surface area contributed by atoms with Crippen LogP contribution < -0.4 is 0 Å². The lowest BCUT2D eigenvalue weighted by Gasteiger charge is -2.24. The zero-order chi connectivity index (χ0) is 14.9. The molecule has 3 aromatic rings. The Kier molecular flexibility index (Phi) is 3.19. The molecular formula is C16H15N3O2. The van der Waals surface area contributed by atoms with Gasteiger partial charge in [-0.3, -0.25) is 0 Å². The first-order chi connectivity index (χ1) is 10.1. The van der Waals surface area contributed by atoms with Crippen molar-refractivity contribution in [3.63, 3.8) is 0 Å². The van der Waals surface area contributed by atoms with E-state index in [4.69, 9.17) is 0 Å². The zero-order valence-electron chi connectivity index (χ0n) is 11.5. The second-order valence-corrected chi connectivity index (χ2v) is 4.99. The normalized spacial score (nSPS) is 13.8. The van der Waals surface area contributed by atoms with Gasteiger partial charge in [0.25, 0.3) is 0 Å². The molecule has 0 bridgehead atoms. The van der Waals surface area contributed by atoms with Crippen molar-refractivity contribution in [1.29, 1.82) is 0 Å². The van der Waals surface area contributed by atoms with Gasteiger partial charge in [-0.05, 0) is 36.8 Å². The maximum absolute atomic E-state index is 10.9. The first-order valence-corrected chi connectivity index (χ1v) is 6.57. The molecule has 1 unspecified atom stereocenters. The number of hydrogen-bond donors (Lipinski definition) is 2. The van der Waals surface area contributed by atoms with Crippen LogP contribution in [0.5, 0.6) is 5.75 Å². The number of nitrogens with zero attached hydrogens (tertiary/aromatic N) is 3. The maximum Gasteiger partial charge on any atom is 0.130 e. The number of phenols is 1. The average Bonchev–Trinajstić information content (AvgIpc) is 2.99. The fourth-order valence-corrected chi connectivity index (χ4v) is 2.26. The van der Waals surface area contributed by atoms with Crippen molar-refractivity contribution in [2.45, 2.75) is 12.5 Å². The molecule has 0 amide bonds. The molecule has 0 aliphatic carbocycles. The molecule has 1 heterocycles. The molecule has 1 aromatic heterocycles. The Bertz CT molecular complexity index is 734. The summed E-state index contributed by atoms with van der Waals surface area (Å²) in [6, 6.07) is 15.9. The summed E-state index contributed by atoms with van der Waals surface area (Å²) >= 11 is 0. The number of hydrogen-bond acceptors (Lipinski definition) is 4. The SMILES string of the molecule is CC(O)(c1ccc(O)cc1)c1cnnn1-c1ccccc1. The fourth-order valence-electron chi connectivity index (χ4n) is 2.26. The topological polar surface area (TPSA) is 71.2 Å². The molecule has 0 fully saturated rings. The molecular weight excluding hydrogens is 266 g/mol. The lowest BCUT2D eigenvalue weighted by Crippen LogP contribution is -2.26. The van der Waals surface area contributed by atoms with Crippen molar-refractivity contribution >= 4 is 0 Å². The first kappa shape index (κ1) is 13.3. The van der Waals surface area contributed by atoms with Gasteiger partial charge in [0, 0.05) is 0 Å². The molecule has 3 rings (SSSR count). The minimum absolute atomic E-state index is 0.157. The third-order valence-electron chi connectivity index (χ3n) is 3.48. The highest BCUT2D eigenvalue weighted by atomic mass is 16.3. The van der Waals surface area contributed by atoms with E-state index < -0.39 is 5.60 Å². The lowest BCUT2D eigenvalue weighted by atomic mass is 9.92. The molecule has 0 radical (unpaired) electrons. The minimum Gasteiger partial charge on any atom is -0.508 e. The van der Waals surface area contributed by atoms with Gasteiger partial charge in [-0.15, -0.1) is 5.10 Å². The van der Waals surface area contributed by atoms with Crippen LogP contribution in [-0.4, -0.2) is 25.2 Å². The van der Waals surface area contributed by atoms with Gasteiger partial charge in [0.15, 0.2) is 0 Å². The van der Waals surface area contributed by atoms with Gasteiger partial charge in [0.05, 0.1) is 11.9 Å². The third kappa shape index (κ3) is 2.39. The van der Waals surface area contributed by atoms with Crippen molar-refractivity contribution in [2.75, 3.05) is 0 Å². The number of para-hydroxylation sites is 1. The molecule has 106 valence electrons. The molecule has 21 heavy (non-hydrogen) atoms. The number of aromatic hydroxyl groups is 1. The summed E-state index contributed by atoms with van der Waals surface area (Å²) in [6.07, 6.45) is 1.54. The van der Waals surface area contributed by atoms with Crippen LogP contribution in [0, 0.1) is 0 Å². The van der Waals surface area contributed by atoms with Gasteiger partial charge in [0.2, 0.25) is 0 Å². The number of benzene rings is 2. The molecule has 2 aromatic carbocycles. The minimum atomic E-state index is -1.27. The largest absolute Gasteiger partial charge is 0.508 e. The van der Waals surface area contributed by atoms with Crippen LogP contribution >= 0.6 is 0 Å². The van der Waals surface area contributed by atoms with Crippen molar-refractivity contribution in [3.8, 4) is 11.4 Å². The summed E-state index contributed by atoms with van der Waals surface area (Å²) in [6.45, 7) is 1.68. The molecule has 5 nitrogen and oxygen atoms in total. The average molecular weight is 281 g/mol. The monoisotopic (exact) mass is 281 g/mol. The van der Waals surface area contributed by atoms with Crippen LogP contribution in [0.4, 0.5) is 0 Å². The van der Waals surface area contributed by atoms with Crippen LogP contribution in [0.15, 0.2) is 60.8 Å². The summed E-state index contributed by atoms with van der Waals surface area (Å²) in [5.41, 5.74) is 0.760. The van der Waals surface area contributed by atoms with Crippen molar-refractivity contribution < 1.29 is 10.2 Å². The molecule has 0 aliphatic heterocycles. The van der Waals surface area contributed by atoms with E-state index in [1.165, 1.54) is 0 Å². The number of aliphatic hydroxyl groups is 1. The highest BCUT2D eigenvalue weighted by molar-refractivity contribution is 5.38. The van der Waals surface area contributed by atoms with E-state index in [0.29, 0.717) is 11.3 Å². The molecule has 1 atom stereocenters. The predicted octanol–water partition coefficient (Wildman–Crippen LogP) is 2.23. The van der Waals surface area contributed by atoms with Gasteiger partial charge in [-0.25, -0.2) is 4.68 Å². The highest BCUT2D eigenvalue weighted by Crippen LogP contribution is 2.30. The van der Waals surface area contributed by atoms with E-state index in [2.05, 4.69) is 10.3 Å². The van der Waals surface area contributed by atoms with Gasteiger partial charge in [0.1, 0.15) is 17.0 Å². The van der Waals surface area contributed by atoms with Crippen LogP contribution in [0.25, 0.3) is 5.69 Å².